The normalized spacial score (nSPS) is 10.8. The fourth-order valence-electron chi connectivity index (χ4n) is 2.49. The minimum Gasteiger partial charge on any atom is -0.352 e. The van der Waals surface area contributed by atoms with Crippen LogP contribution in [0.1, 0.15) is 55.1 Å². The monoisotopic (exact) mass is 381 g/mol. The standard InChI is InChI=1S/C22H27N3O3/c1-22(2,3)18-11-9-17(10-12-18)21(28)25-24-20(27)14-13-19(26)23-15-16-7-5-4-6-8-16/h4-12H,13-15H2,1-3H3,(H,23,26)(H,24,27)(H,25,28). The summed E-state index contributed by atoms with van der Waals surface area (Å²) in [5.41, 5.74) is 7.27. The molecule has 3 amide bonds. The summed E-state index contributed by atoms with van der Waals surface area (Å²) in [6.07, 6.45) is 0.0404. The number of hydrogen-bond donors (Lipinski definition) is 3. The van der Waals surface area contributed by atoms with Crippen LogP contribution in [-0.4, -0.2) is 17.7 Å². The van der Waals surface area contributed by atoms with Gasteiger partial charge in [-0.25, -0.2) is 0 Å². The number of hydrazine groups is 1. The van der Waals surface area contributed by atoms with E-state index in [1.54, 1.807) is 12.1 Å². The average Bonchev–Trinajstić information content (AvgIpc) is 2.69. The molecule has 0 saturated heterocycles. The van der Waals surface area contributed by atoms with E-state index in [1.807, 2.05) is 42.5 Å². The zero-order valence-electron chi connectivity index (χ0n) is 16.5. The summed E-state index contributed by atoms with van der Waals surface area (Å²) in [6.45, 7) is 6.71. The molecule has 0 unspecified atom stereocenters. The summed E-state index contributed by atoms with van der Waals surface area (Å²) in [4.78, 5) is 35.8. The van der Waals surface area contributed by atoms with Crippen LogP contribution in [-0.2, 0) is 21.5 Å². The van der Waals surface area contributed by atoms with Gasteiger partial charge in [0, 0.05) is 24.9 Å². The van der Waals surface area contributed by atoms with Crippen molar-refractivity contribution in [1.29, 1.82) is 0 Å². The van der Waals surface area contributed by atoms with E-state index in [9.17, 15) is 14.4 Å². The molecule has 2 aromatic rings. The van der Waals surface area contributed by atoms with Gasteiger partial charge in [-0.3, -0.25) is 25.2 Å². The molecule has 0 saturated carbocycles. The van der Waals surface area contributed by atoms with Gasteiger partial charge in [0.1, 0.15) is 0 Å². The van der Waals surface area contributed by atoms with Crippen LogP contribution in [0.5, 0.6) is 0 Å². The fraction of sp³-hybridized carbons (Fsp3) is 0.318. The van der Waals surface area contributed by atoms with Crippen molar-refractivity contribution in [2.45, 2.75) is 45.6 Å². The van der Waals surface area contributed by atoms with Crippen molar-refractivity contribution in [3.63, 3.8) is 0 Å². The van der Waals surface area contributed by atoms with Gasteiger partial charge in [0.05, 0.1) is 0 Å². The molecule has 6 nitrogen and oxygen atoms in total. The first-order chi connectivity index (χ1) is 13.3. The summed E-state index contributed by atoms with van der Waals surface area (Å²) < 4.78 is 0. The third kappa shape index (κ3) is 6.87. The molecule has 2 aromatic carbocycles. The molecule has 0 aliphatic carbocycles. The number of hydrogen-bond acceptors (Lipinski definition) is 3. The lowest BCUT2D eigenvalue weighted by atomic mass is 9.87. The molecule has 0 heterocycles. The fourth-order valence-corrected chi connectivity index (χ4v) is 2.49. The van der Waals surface area contributed by atoms with Gasteiger partial charge in [0.2, 0.25) is 11.8 Å². The molecule has 0 spiro atoms. The highest BCUT2D eigenvalue weighted by Gasteiger charge is 2.14. The summed E-state index contributed by atoms with van der Waals surface area (Å²) >= 11 is 0. The van der Waals surface area contributed by atoms with Crippen LogP contribution < -0.4 is 16.2 Å². The van der Waals surface area contributed by atoms with E-state index in [1.165, 1.54) is 0 Å². The third-order valence-electron chi connectivity index (χ3n) is 4.24. The number of benzene rings is 2. The van der Waals surface area contributed by atoms with E-state index < -0.39 is 11.8 Å². The first kappa shape index (κ1) is 21.2. The molecule has 0 fully saturated rings. The Labute approximate surface area is 165 Å². The van der Waals surface area contributed by atoms with Gasteiger partial charge < -0.3 is 5.32 Å². The van der Waals surface area contributed by atoms with Gasteiger partial charge >= 0.3 is 0 Å². The smallest absolute Gasteiger partial charge is 0.269 e. The van der Waals surface area contributed by atoms with Gasteiger partial charge in [-0.1, -0.05) is 63.2 Å². The number of carbonyl (C=O) groups is 3. The van der Waals surface area contributed by atoms with Crippen molar-refractivity contribution in [1.82, 2.24) is 16.2 Å². The summed E-state index contributed by atoms with van der Waals surface area (Å²) in [5, 5.41) is 2.76. The lowest BCUT2D eigenvalue weighted by Gasteiger charge is -2.19. The number of rotatable bonds is 6. The minimum absolute atomic E-state index is 0.00427. The van der Waals surface area contributed by atoms with Crippen LogP contribution >= 0.6 is 0 Å². The SMILES string of the molecule is CC(C)(C)c1ccc(C(=O)NNC(=O)CCC(=O)NCc2ccccc2)cc1. The summed E-state index contributed by atoms with van der Waals surface area (Å²) in [7, 11) is 0. The molecule has 0 aliphatic heterocycles. The van der Waals surface area contributed by atoms with Crippen LogP contribution in [0.4, 0.5) is 0 Å². The zero-order valence-corrected chi connectivity index (χ0v) is 16.5. The van der Waals surface area contributed by atoms with Crippen LogP contribution in [0.2, 0.25) is 0 Å². The first-order valence-electron chi connectivity index (χ1n) is 9.26. The van der Waals surface area contributed by atoms with Gasteiger partial charge in [-0.05, 0) is 28.7 Å². The van der Waals surface area contributed by atoms with Crippen LogP contribution in [0.25, 0.3) is 0 Å². The molecule has 28 heavy (non-hydrogen) atoms. The second-order valence-corrected chi connectivity index (χ2v) is 7.59. The Morgan fingerprint density at radius 3 is 2.00 bits per heavy atom. The predicted molar refractivity (Wildman–Crippen MR) is 108 cm³/mol. The lowest BCUT2D eigenvalue weighted by Crippen LogP contribution is -2.42. The highest BCUT2D eigenvalue weighted by atomic mass is 16.2. The van der Waals surface area contributed by atoms with E-state index in [4.69, 9.17) is 0 Å². The molecule has 2 rings (SSSR count). The van der Waals surface area contributed by atoms with E-state index in [2.05, 4.69) is 36.9 Å². The van der Waals surface area contributed by atoms with Crippen molar-refractivity contribution in [3.8, 4) is 0 Å². The minimum atomic E-state index is -0.422. The van der Waals surface area contributed by atoms with Crippen LogP contribution in [0, 0.1) is 0 Å². The molecular weight excluding hydrogens is 354 g/mol. The predicted octanol–water partition coefficient (Wildman–Crippen LogP) is 2.84. The maximum atomic E-state index is 12.1. The Hall–Kier alpha value is -3.15. The quantitative estimate of drug-likeness (QED) is 0.673. The van der Waals surface area contributed by atoms with Crippen molar-refractivity contribution in [2.24, 2.45) is 0 Å². The second kappa shape index (κ2) is 9.69. The largest absolute Gasteiger partial charge is 0.352 e. The maximum absolute atomic E-state index is 12.1. The van der Waals surface area contributed by atoms with E-state index in [-0.39, 0.29) is 24.2 Å². The number of carbonyl (C=O) groups excluding carboxylic acids is 3. The van der Waals surface area contributed by atoms with E-state index in [0.717, 1.165) is 11.1 Å². The highest BCUT2D eigenvalue weighted by molar-refractivity contribution is 5.95. The molecule has 148 valence electrons. The van der Waals surface area contributed by atoms with E-state index in [0.29, 0.717) is 12.1 Å². The number of nitrogens with one attached hydrogen (secondary N) is 3. The third-order valence-corrected chi connectivity index (χ3v) is 4.24. The average molecular weight is 381 g/mol. The van der Waals surface area contributed by atoms with Crippen molar-refractivity contribution in [2.75, 3.05) is 0 Å². The molecule has 0 aromatic heterocycles. The van der Waals surface area contributed by atoms with Crippen LogP contribution in [0.3, 0.4) is 0 Å². The molecule has 0 atom stereocenters. The molecule has 0 bridgehead atoms. The summed E-state index contributed by atoms with van der Waals surface area (Å²) in [6, 6.07) is 16.8. The first-order valence-corrected chi connectivity index (χ1v) is 9.26. The summed E-state index contributed by atoms with van der Waals surface area (Å²) in [5.74, 6) is -1.04. The van der Waals surface area contributed by atoms with Gasteiger partial charge in [-0.2, -0.15) is 0 Å². The Bertz CT molecular complexity index is 809. The molecule has 0 aliphatic rings. The molecule has 6 heteroatoms. The van der Waals surface area contributed by atoms with Crippen molar-refractivity contribution in [3.05, 3.63) is 71.3 Å². The van der Waals surface area contributed by atoms with Gasteiger partial charge in [-0.15, -0.1) is 0 Å². The lowest BCUT2D eigenvalue weighted by molar-refractivity contribution is -0.126. The van der Waals surface area contributed by atoms with Gasteiger partial charge in [0.15, 0.2) is 0 Å². The Kier molecular flexibility index (Phi) is 7.32. The topological polar surface area (TPSA) is 87.3 Å². The Morgan fingerprint density at radius 1 is 0.786 bits per heavy atom. The molecule has 3 N–H and O–H groups in total. The molecular formula is C22H27N3O3. The van der Waals surface area contributed by atoms with Gasteiger partial charge in [0.25, 0.3) is 5.91 Å². The second-order valence-electron chi connectivity index (χ2n) is 7.59. The number of amides is 3. The Balaban J connectivity index is 1.70. The van der Waals surface area contributed by atoms with E-state index >= 15 is 0 Å². The highest BCUT2D eigenvalue weighted by Crippen LogP contribution is 2.22. The van der Waals surface area contributed by atoms with Crippen molar-refractivity contribution < 1.29 is 14.4 Å². The maximum Gasteiger partial charge on any atom is 0.269 e. The van der Waals surface area contributed by atoms with Crippen molar-refractivity contribution >= 4 is 17.7 Å². The zero-order chi connectivity index (χ0) is 20.6. The van der Waals surface area contributed by atoms with Crippen LogP contribution in [0.15, 0.2) is 54.6 Å². The molecule has 0 radical (unpaired) electrons. The Morgan fingerprint density at radius 2 is 1.39 bits per heavy atom.